The lowest BCUT2D eigenvalue weighted by Gasteiger charge is -2.15. The maximum atomic E-state index is 10.5. The van der Waals surface area contributed by atoms with Crippen molar-refractivity contribution in [2.45, 2.75) is 25.9 Å². The van der Waals surface area contributed by atoms with E-state index in [0.717, 1.165) is 17.1 Å². The summed E-state index contributed by atoms with van der Waals surface area (Å²) in [6.45, 7) is 4.04. The van der Waals surface area contributed by atoms with Crippen molar-refractivity contribution >= 4 is 23.5 Å². The summed E-state index contributed by atoms with van der Waals surface area (Å²) >= 11 is 1.53. The van der Waals surface area contributed by atoms with Gasteiger partial charge in [0.25, 0.3) is 0 Å². The number of rotatable bonds is 7. The third-order valence-corrected chi connectivity index (χ3v) is 3.62. The summed E-state index contributed by atoms with van der Waals surface area (Å²) in [6, 6.07) is 3.34. The third-order valence-electron chi connectivity index (χ3n) is 2.29. The maximum absolute atomic E-state index is 10.5. The number of aliphatic carboxylic acids is 1. The number of pyridine rings is 1. The van der Waals surface area contributed by atoms with Crippen LogP contribution in [0, 0.1) is 6.92 Å². The fourth-order valence-corrected chi connectivity index (χ4v) is 2.32. The molecule has 0 amide bonds. The predicted molar refractivity (Wildman–Crippen MR) is 75.0 cm³/mol. The Labute approximate surface area is 111 Å². The van der Waals surface area contributed by atoms with Crippen molar-refractivity contribution in [3.05, 3.63) is 23.9 Å². The summed E-state index contributed by atoms with van der Waals surface area (Å²) in [5, 5.41) is 11.9. The van der Waals surface area contributed by atoms with E-state index >= 15 is 0 Å². The number of aromatic nitrogens is 1. The van der Waals surface area contributed by atoms with Crippen LogP contribution in [0.3, 0.4) is 0 Å². The number of anilines is 1. The summed E-state index contributed by atoms with van der Waals surface area (Å²) in [4.78, 5) is 14.8. The molecule has 100 valence electrons. The Morgan fingerprint density at radius 2 is 2.33 bits per heavy atom. The van der Waals surface area contributed by atoms with Crippen molar-refractivity contribution in [1.29, 1.82) is 0 Å². The first-order valence-corrected chi connectivity index (χ1v) is 6.90. The van der Waals surface area contributed by atoms with Crippen LogP contribution >= 0.6 is 11.8 Å². The molecule has 0 fully saturated rings. The van der Waals surface area contributed by atoms with Crippen LogP contribution in [0.5, 0.6) is 0 Å². The van der Waals surface area contributed by atoms with Gasteiger partial charge in [-0.1, -0.05) is 0 Å². The van der Waals surface area contributed by atoms with E-state index in [4.69, 9.17) is 10.8 Å². The van der Waals surface area contributed by atoms with Crippen LogP contribution in [0.15, 0.2) is 18.3 Å². The predicted octanol–water partition coefficient (Wildman–Crippen LogP) is 1.34. The molecule has 1 unspecified atom stereocenters. The van der Waals surface area contributed by atoms with Crippen molar-refractivity contribution < 1.29 is 9.90 Å². The summed E-state index contributed by atoms with van der Waals surface area (Å²) in [5.41, 5.74) is 6.58. The normalized spacial score (nSPS) is 13.9. The van der Waals surface area contributed by atoms with Crippen molar-refractivity contribution in [3.63, 3.8) is 0 Å². The number of nitrogens with two attached hydrogens (primary N) is 1. The molecule has 0 spiro atoms. The molecule has 1 aromatic rings. The monoisotopic (exact) mass is 269 g/mol. The van der Waals surface area contributed by atoms with E-state index in [0.29, 0.717) is 5.75 Å². The molecular formula is C12H19N3O2S. The van der Waals surface area contributed by atoms with Gasteiger partial charge in [-0.3, -0.25) is 4.79 Å². The van der Waals surface area contributed by atoms with Gasteiger partial charge in [0.2, 0.25) is 0 Å². The van der Waals surface area contributed by atoms with Crippen LogP contribution < -0.4 is 11.1 Å². The molecule has 0 aliphatic carbocycles. The minimum Gasteiger partial charge on any atom is -0.480 e. The molecule has 6 heteroatoms. The molecule has 18 heavy (non-hydrogen) atoms. The molecule has 5 nitrogen and oxygen atoms in total. The number of aryl methyl sites for hydroxylation is 1. The lowest BCUT2D eigenvalue weighted by Crippen LogP contribution is -2.33. The van der Waals surface area contributed by atoms with E-state index < -0.39 is 12.0 Å². The van der Waals surface area contributed by atoms with E-state index in [1.165, 1.54) is 11.8 Å². The van der Waals surface area contributed by atoms with Crippen LogP contribution in [0.2, 0.25) is 0 Å². The quantitative estimate of drug-likeness (QED) is 0.692. The van der Waals surface area contributed by atoms with Gasteiger partial charge in [-0.2, -0.15) is 11.8 Å². The Morgan fingerprint density at radius 1 is 1.61 bits per heavy atom. The number of carbonyl (C=O) groups is 1. The topological polar surface area (TPSA) is 88.2 Å². The second-order valence-electron chi connectivity index (χ2n) is 4.25. The standard InChI is InChI=1S/C12H19N3O2S/c1-8-3-4-14-11(5-8)15-9(2)6-18-7-10(13)12(16)17/h3-5,9-10H,6-7,13H2,1-2H3,(H,14,15)(H,16,17)/t9?,10-/m0/s1. The zero-order chi connectivity index (χ0) is 13.5. The Balaban J connectivity index is 2.29. The molecule has 1 aromatic heterocycles. The molecule has 1 heterocycles. The highest BCUT2D eigenvalue weighted by molar-refractivity contribution is 7.99. The van der Waals surface area contributed by atoms with Crippen LogP contribution in [0.25, 0.3) is 0 Å². The van der Waals surface area contributed by atoms with Gasteiger partial charge < -0.3 is 16.2 Å². The van der Waals surface area contributed by atoms with Crippen LogP contribution in [0.1, 0.15) is 12.5 Å². The average Bonchev–Trinajstić information content (AvgIpc) is 2.28. The number of carboxylic acids is 1. The average molecular weight is 269 g/mol. The Hall–Kier alpha value is -1.27. The Kier molecular flexibility index (Phi) is 5.94. The van der Waals surface area contributed by atoms with E-state index in [1.807, 2.05) is 26.0 Å². The minimum absolute atomic E-state index is 0.213. The number of hydrogen-bond acceptors (Lipinski definition) is 5. The van der Waals surface area contributed by atoms with Gasteiger partial charge in [0.05, 0.1) is 0 Å². The minimum atomic E-state index is -0.955. The lowest BCUT2D eigenvalue weighted by molar-refractivity contribution is -0.137. The summed E-state index contributed by atoms with van der Waals surface area (Å²) in [6.07, 6.45) is 1.76. The smallest absolute Gasteiger partial charge is 0.321 e. The van der Waals surface area contributed by atoms with Gasteiger partial charge in [0.15, 0.2) is 0 Å². The zero-order valence-corrected chi connectivity index (χ0v) is 11.4. The number of thioether (sulfide) groups is 1. The first-order chi connectivity index (χ1) is 8.49. The Bertz CT molecular complexity index is 401. The van der Waals surface area contributed by atoms with E-state index in [-0.39, 0.29) is 6.04 Å². The van der Waals surface area contributed by atoms with Gasteiger partial charge in [-0.15, -0.1) is 0 Å². The highest BCUT2D eigenvalue weighted by Gasteiger charge is 2.12. The van der Waals surface area contributed by atoms with Crippen LogP contribution in [0.4, 0.5) is 5.82 Å². The zero-order valence-electron chi connectivity index (χ0n) is 10.6. The third kappa shape index (κ3) is 5.37. The fourth-order valence-electron chi connectivity index (χ4n) is 1.35. The molecule has 0 saturated heterocycles. The lowest BCUT2D eigenvalue weighted by atomic mass is 10.3. The molecule has 1 rings (SSSR count). The van der Waals surface area contributed by atoms with Gasteiger partial charge in [-0.05, 0) is 31.5 Å². The second-order valence-corrected chi connectivity index (χ2v) is 5.32. The summed E-state index contributed by atoms with van der Waals surface area (Å²) < 4.78 is 0. The molecule has 0 aliphatic rings. The van der Waals surface area contributed by atoms with Gasteiger partial charge in [0, 0.05) is 23.7 Å². The molecule has 0 aromatic carbocycles. The summed E-state index contributed by atoms with van der Waals surface area (Å²) in [5.74, 6) is 1.09. The molecule has 0 aliphatic heterocycles. The van der Waals surface area contributed by atoms with Crippen LogP contribution in [-0.4, -0.2) is 39.6 Å². The number of hydrogen-bond donors (Lipinski definition) is 3. The number of carboxylic acid groups (broad SMARTS) is 1. The molecule has 0 radical (unpaired) electrons. The molecule has 4 N–H and O–H groups in total. The fraction of sp³-hybridized carbons (Fsp3) is 0.500. The van der Waals surface area contributed by atoms with Crippen molar-refractivity contribution in [2.75, 3.05) is 16.8 Å². The highest BCUT2D eigenvalue weighted by atomic mass is 32.2. The molecular weight excluding hydrogens is 250 g/mol. The van der Waals surface area contributed by atoms with E-state index in [1.54, 1.807) is 6.20 Å². The van der Waals surface area contributed by atoms with Gasteiger partial charge >= 0.3 is 5.97 Å². The van der Waals surface area contributed by atoms with Gasteiger partial charge in [0.1, 0.15) is 11.9 Å². The van der Waals surface area contributed by atoms with Crippen LogP contribution in [-0.2, 0) is 4.79 Å². The molecule has 0 bridgehead atoms. The van der Waals surface area contributed by atoms with Gasteiger partial charge in [-0.25, -0.2) is 4.98 Å². The van der Waals surface area contributed by atoms with E-state index in [9.17, 15) is 4.79 Å². The highest BCUT2D eigenvalue weighted by Crippen LogP contribution is 2.10. The Morgan fingerprint density at radius 3 is 2.94 bits per heavy atom. The summed E-state index contributed by atoms with van der Waals surface area (Å²) in [7, 11) is 0. The van der Waals surface area contributed by atoms with Crippen molar-refractivity contribution in [2.24, 2.45) is 5.73 Å². The molecule has 0 saturated carbocycles. The SMILES string of the molecule is Cc1ccnc(NC(C)CSC[C@H](N)C(=O)O)c1. The maximum Gasteiger partial charge on any atom is 0.321 e. The second kappa shape index (κ2) is 7.23. The largest absolute Gasteiger partial charge is 0.480 e. The first-order valence-electron chi connectivity index (χ1n) is 5.74. The molecule has 2 atom stereocenters. The number of nitrogens with zero attached hydrogens (tertiary/aromatic N) is 1. The first kappa shape index (κ1) is 14.8. The van der Waals surface area contributed by atoms with Crippen molar-refractivity contribution in [1.82, 2.24) is 4.98 Å². The van der Waals surface area contributed by atoms with Crippen molar-refractivity contribution in [3.8, 4) is 0 Å². The van der Waals surface area contributed by atoms with E-state index in [2.05, 4.69) is 10.3 Å². The number of nitrogens with one attached hydrogen (secondary N) is 1.